The zero-order valence-corrected chi connectivity index (χ0v) is 18.6. The number of amides is 1. The topological polar surface area (TPSA) is 106 Å². The highest BCUT2D eigenvalue weighted by atomic mass is 32.2. The standard InChI is InChI=1S/C21H24FN5O4S/c1-14-17(21(28)26-7-9-32(29,30)10-8-26)11-27-19(14)20(23-13-24-27)25-18(12-31-2)15-3-5-16(22)6-4-15/h3-6,11,13,18H,7-10,12H2,1-2H3,(H,23,24,25)/t18-/m1/s1. The van der Waals surface area contributed by atoms with Gasteiger partial charge < -0.3 is 15.0 Å². The average molecular weight is 462 g/mol. The van der Waals surface area contributed by atoms with Crippen LogP contribution in [0.2, 0.25) is 0 Å². The Bertz CT molecular complexity index is 1230. The average Bonchev–Trinajstić information content (AvgIpc) is 3.11. The second-order valence-corrected chi connectivity index (χ2v) is 10.0. The summed E-state index contributed by atoms with van der Waals surface area (Å²) in [6.45, 7) is 2.46. The van der Waals surface area contributed by atoms with Crippen LogP contribution >= 0.6 is 0 Å². The van der Waals surface area contributed by atoms with Crippen LogP contribution in [-0.2, 0) is 14.6 Å². The number of sulfone groups is 1. The van der Waals surface area contributed by atoms with Crippen LogP contribution in [0.15, 0.2) is 36.8 Å². The number of carbonyl (C=O) groups is 1. The smallest absolute Gasteiger partial charge is 0.255 e. The molecule has 170 valence electrons. The molecule has 0 radical (unpaired) electrons. The van der Waals surface area contributed by atoms with Gasteiger partial charge in [-0.25, -0.2) is 22.3 Å². The van der Waals surface area contributed by atoms with E-state index in [1.807, 2.05) is 0 Å². The number of carbonyl (C=O) groups excluding carboxylic acids is 1. The number of hydrogen-bond acceptors (Lipinski definition) is 7. The molecule has 1 fully saturated rings. The molecule has 3 heterocycles. The first-order chi connectivity index (χ1) is 15.3. The van der Waals surface area contributed by atoms with Gasteiger partial charge >= 0.3 is 0 Å². The summed E-state index contributed by atoms with van der Waals surface area (Å²) in [5.74, 6) is -0.127. The van der Waals surface area contributed by atoms with Crippen LogP contribution in [0.25, 0.3) is 5.52 Å². The first kappa shape index (κ1) is 22.2. The van der Waals surface area contributed by atoms with Gasteiger partial charge in [0.05, 0.1) is 29.7 Å². The molecule has 4 rings (SSSR count). The van der Waals surface area contributed by atoms with Gasteiger partial charge in [0.1, 0.15) is 17.7 Å². The number of rotatable bonds is 6. The summed E-state index contributed by atoms with van der Waals surface area (Å²) in [4.78, 5) is 19.0. The molecule has 11 heteroatoms. The minimum absolute atomic E-state index is 0.0336. The van der Waals surface area contributed by atoms with Crippen molar-refractivity contribution in [1.29, 1.82) is 0 Å². The Kier molecular flexibility index (Phi) is 6.11. The summed E-state index contributed by atoms with van der Waals surface area (Å²) in [6.07, 6.45) is 3.01. The number of nitrogens with zero attached hydrogens (tertiary/aromatic N) is 4. The predicted molar refractivity (Wildman–Crippen MR) is 117 cm³/mol. The van der Waals surface area contributed by atoms with E-state index >= 15 is 0 Å². The Balaban J connectivity index is 1.65. The van der Waals surface area contributed by atoms with E-state index in [4.69, 9.17) is 4.74 Å². The van der Waals surface area contributed by atoms with Crippen molar-refractivity contribution in [2.24, 2.45) is 0 Å². The monoisotopic (exact) mass is 461 g/mol. The summed E-state index contributed by atoms with van der Waals surface area (Å²) in [5, 5.41) is 7.55. The number of aromatic nitrogens is 3. The molecule has 1 aliphatic rings. The van der Waals surface area contributed by atoms with Crippen molar-refractivity contribution < 1.29 is 22.3 Å². The fraction of sp³-hybridized carbons (Fsp3) is 0.381. The first-order valence-corrected chi connectivity index (χ1v) is 11.9. The minimum atomic E-state index is -3.09. The molecule has 1 aromatic carbocycles. The number of hydrogen-bond donors (Lipinski definition) is 1. The first-order valence-electron chi connectivity index (χ1n) is 10.1. The van der Waals surface area contributed by atoms with Gasteiger partial charge in [-0.15, -0.1) is 0 Å². The molecule has 1 saturated heterocycles. The quantitative estimate of drug-likeness (QED) is 0.597. The van der Waals surface area contributed by atoms with E-state index in [0.717, 1.165) is 5.56 Å². The number of anilines is 1. The number of fused-ring (bicyclic) bond motifs is 1. The molecule has 32 heavy (non-hydrogen) atoms. The molecular formula is C21H24FN5O4S. The predicted octanol–water partition coefficient (Wildman–Crippen LogP) is 1.85. The molecule has 1 amide bonds. The molecule has 0 spiro atoms. The highest BCUT2D eigenvalue weighted by Crippen LogP contribution is 2.27. The molecule has 1 atom stereocenters. The molecule has 0 saturated carbocycles. The third-order valence-electron chi connectivity index (χ3n) is 5.61. The lowest BCUT2D eigenvalue weighted by Crippen LogP contribution is -2.43. The highest BCUT2D eigenvalue weighted by Gasteiger charge is 2.28. The third kappa shape index (κ3) is 4.44. The number of halogens is 1. The van der Waals surface area contributed by atoms with E-state index in [9.17, 15) is 17.6 Å². The molecule has 3 aromatic rings. The van der Waals surface area contributed by atoms with E-state index in [0.29, 0.717) is 29.1 Å². The number of methoxy groups -OCH3 is 1. The molecular weight excluding hydrogens is 437 g/mol. The molecule has 0 unspecified atom stereocenters. The number of ether oxygens (including phenoxy) is 1. The maximum atomic E-state index is 13.4. The van der Waals surface area contributed by atoms with E-state index in [1.165, 1.54) is 18.5 Å². The molecule has 0 bridgehead atoms. The Morgan fingerprint density at radius 1 is 1.25 bits per heavy atom. The van der Waals surface area contributed by atoms with Crippen LogP contribution in [0.3, 0.4) is 0 Å². The van der Waals surface area contributed by atoms with Gasteiger partial charge in [-0.2, -0.15) is 5.10 Å². The normalized spacial score (nSPS) is 16.8. The largest absolute Gasteiger partial charge is 0.382 e. The Morgan fingerprint density at radius 2 is 1.94 bits per heavy atom. The lowest BCUT2D eigenvalue weighted by molar-refractivity contribution is 0.0769. The molecule has 0 aliphatic carbocycles. The fourth-order valence-corrected chi connectivity index (χ4v) is 5.02. The minimum Gasteiger partial charge on any atom is -0.382 e. The zero-order chi connectivity index (χ0) is 22.9. The SMILES string of the molecule is COC[C@@H](Nc1ncnn2cc(C(=O)N3CCS(=O)(=O)CC3)c(C)c12)c1ccc(F)cc1. The zero-order valence-electron chi connectivity index (χ0n) is 17.8. The van der Waals surface area contributed by atoms with Crippen molar-refractivity contribution >= 4 is 27.1 Å². The Labute approximate surface area is 185 Å². The summed E-state index contributed by atoms with van der Waals surface area (Å²) in [5.41, 5.74) is 2.57. The number of nitrogens with one attached hydrogen (secondary N) is 1. The highest BCUT2D eigenvalue weighted by molar-refractivity contribution is 7.91. The molecule has 1 N–H and O–H groups in total. The van der Waals surface area contributed by atoms with E-state index in [-0.39, 0.29) is 42.4 Å². The maximum Gasteiger partial charge on any atom is 0.255 e. The van der Waals surface area contributed by atoms with Gasteiger partial charge in [0, 0.05) is 26.4 Å². The summed E-state index contributed by atoms with van der Waals surface area (Å²) < 4.78 is 43.7. The molecule has 9 nitrogen and oxygen atoms in total. The number of benzene rings is 1. The van der Waals surface area contributed by atoms with Crippen LogP contribution in [0.5, 0.6) is 0 Å². The molecule has 1 aliphatic heterocycles. The second kappa shape index (κ2) is 8.83. The van der Waals surface area contributed by atoms with Crippen molar-refractivity contribution in [2.45, 2.75) is 13.0 Å². The van der Waals surface area contributed by atoms with Crippen LogP contribution in [0.4, 0.5) is 10.2 Å². The Hall–Kier alpha value is -3.05. The summed E-state index contributed by atoms with van der Waals surface area (Å²) in [7, 11) is -1.51. The van der Waals surface area contributed by atoms with Crippen LogP contribution < -0.4 is 5.32 Å². The van der Waals surface area contributed by atoms with Crippen molar-refractivity contribution in [2.75, 3.05) is 43.6 Å². The van der Waals surface area contributed by atoms with Gasteiger partial charge in [-0.05, 0) is 30.2 Å². The van der Waals surface area contributed by atoms with Gasteiger partial charge in [0.2, 0.25) is 0 Å². The van der Waals surface area contributed by atoms with E-state index in [1.54, 1.807) is 41.8 Å². The van der Waals surface area contributed by atoms with Gasteiger partial charge in [0.25, 0.3) is 5.91 Å². The van der Waals surface area contributed by atoms with Gasteiger partial charge in [-0.1, -0.05) is 12.1 Å². The Morgan fingerprint density at radius 3 is 2.59 bits per heavy atom. The third-order valence-corrected chi connectivity index (χ3v) is 7.21. The lowest BCUT2D eigenvalue weighted by Gasteiger charge is -2.26. The van der Waals surface area contributed by atoms with Crippen LogP contribution in [0.1, 0.15) is 27.5 Å². The summed E-state index contributed by atoms with van der Waals surface area (Å²) in [6, 6.07) is 5.81. The van der Waals surface area contributed by atoms with Crippen molar-refractivity contribution in [3.05, 3.63) is 59.3 Å². The van der Waals surface area contributed by atoms with Gasteiger partial charge in [-0.3, -0.25) is 4.79 Å². The van der Waals surface area contributed by atoms with Crippen molar-refractivity contribution in [3.63, 3.8) is 0 Å². The lowest BCUT2D eigenvalue weighted by atomic mass is 10.1. The summed E-state index contributed by atoms with van der Waals surface area (Å²) >= 11 is 0. The van der Waals surface area contributed by atoms with E-state index < -0.39 is 9.84 Å². The van der Waals surface area contributed by atoms with Crippen LogP contribution in [0, 0.1) is 12.7 Å². The second-order valence-electron chi connectivity index (χ2n) is 7.72. The fourth-order valence-electron chi connectivity index (χ4n) is 3.82. The molecule has 2 aromatic heterocycles. The van der Waals surface area contributed by atoms with Crippen molar-refractivity contribution in [1.82, 2.24) is 19.5 Å². The number of aryl methyl sites for hydroxylation is 1. The van der Waals surface area contributed by atoms with Crippen LogP contribution in [-0.4, -0.2) is 72.1 Å². The van der Waals surface area contributed by atoms with Gasteiger partial charge in [0.15, 0.2) is 15.7 Å². The van der Waals surface area contributed by atoms with Crippen molar-refractivity contribution in [3.8, 4) is 0 Å². The maximum absolute atomic E-state index is 13.4. The van der Waals surface area contributed by atoms with E-state index in [2.05, 4.69) is 15.4 Å².